The molecule has 1 aliphatic rings. The van der Waals surface area contributed by atoms with Gasteiger partial charge in [0.25, 0.3) is 0 Å². The molecule has 3 N–H and O–H groups in total. The highest BCUT2D eigenvalue weighted by Crippen LogP contribution is 2.35. The van der Waals surface area contributed by atoms with Gasteiger partial charge in [0.1, 0.15) is 11.6 Å². The molecule has 1 saturated heterocycles. The van der Waals surface area contributed by atoms with E-state index in [4.69, 9.17) is 4.98 Å². The SMILES string of the molecule is CC1(C)CC(Nc2cc(-c3cccc(F)c3F)cc(-c3ccccc3O)n2)CC(C)(C)N1. The number of nitrogens with zero attached hydrogens (tertiary/aromatic N) is 1. The van der Waals surface area contributed by atoms with Crippen molar-refractivity contribution < 1.29 is 13.9 Å². The molecule has 0 amide bonds. The zero-order valence-corrected chi connectivity index (χ0v) is 18.8. The van der Waals surface area contributed by atoms with Gasteiger partial charge in [-0.05, 0) is 76.4 Å². The molecule has 0 aliphatic carbocycles. The Morgan fingerprint density at radius 1 is 0.938 bits per heavy atom. The molecule has 3 aromatic rings. The van der Waals surface area contributed by atoms with Gasteiger partial charge < -0.3 is 15.7 Å². The van der Waals surface area contributed by atoms with Gasteiger partial charge in [-0.15, -0.1) is 0 Å². The first-order chi connectivity index (χ1) is 15.0. The fourth-order valence-electron chi connectivity index (χ4n) is 4.95. The summed E-state index contributed by atoms with van der Waals surface area (Å²) in [4.78, 5) is 4.72. The lowest BCUT2D eigenvalue weighted by Gasteiger charge is -2.46. The average molecular weight is 438 g/mol. The fraction of sp³-hybridized carbons (Fsp3) is 0.346. The topological polar surface area (TPSA) is 57.2 Å². The summed E-state index contributed by atoms with van der Waals surface area (Å²) in [5.74, 6) is -1.17. The maximum Gasteiger partial charge on any atom is 0.166 e. The number of nitrogens with one attached hydrogen (secondary N) is 2. The highest BCUT2D eigenvalue weighted by Gasteiger charge is 2.37. The largest absolute Gasteiger partial charge is 0.507 e. The number of halogens is 2. The Morgan fingerprint density at radius 2 is 1.59 bits per heavy atom. The molecule has 2 heterocycles. The minimum Gasteiger partial charge on any atom is -0.507 e. The number of piperidine rings is 1. The minimum atomic E-state index is -0.906. The maximum atomic E-state index is 14.6. The van der Waals surface area contributed by atoms with E-state index in [1.165, 1.54) is 6.07 Å². The molecule has 1 aliphatic heterocycles. The summed E-state index contributed by atoms with van der Waals surface area (Å²) in [6, 6.07) is 14.5. The second-order valence-electron chi connectivity index (χ2n) is 9.89. The summed E-state index contributed by atoms with van der Waals surface area (Å²) >= 11 is 0. The van der Waals surface area contributed by atoms with Gasteiger partial charge in [0.15, 0.2) is 11.6 Å². The molecule has 0 spiro atoms. The summed E-state index contributed by atoms with van der Waals surface area (Å²) in [5, 5.41) is 17.5. The van der Waals surface area contributed by atoms with Crippen molar-refractivity contribution in [1.29, 1.82) is 0 Å². The van der Waals surface area contributed by atoms with Crippen LogP contribution < -0.4 is 10.6 Å². The second kappa shape index (κ2) is 8.17. The standard InChI is InChI=1S/C26H29F2N3O/c1-25(2)14-17(15-26(3,4)31-25)29-23-13-16(18-9-7-10-20(27)24(18)28)12-21(30-23)19-8-5-6-11-22(19)32/h5-13,17,31-32H,14-15H2,1-4H3,(H,29,30). The Bertz CT molecular complexity index is 1130. The molecule has 1 fully saturated rings. The summed E-state index contributed by atoms with van der Waals surface area (Å²) in [5.41, 5.74) is 1.53. The third-order valence-electron chi connectivity index (χ3n) is 5.81. The number of hydrogen-bond donors (Lipinski definition) is 3. The molecule has 168 valence electrons. The number of rotatable bonds is 4. The van der Waals surface area contributed by atoms with Gasteiger partial charge in [0, 0.05) is 28.2 Å². The maximum absolute atomic E-state index is 14.6. The Hall–Kier alpha value is -2.99. The molecule has 0 bridgehead atoms. The van der Waals surface area contributed by atoms with Crippen LogP contribution in [0, 0.1) is 11.6 Å². The number of phenols is 1. The zero-order valence-electron chi connectivity index (χ0n) is 18.8. The van der Waals surface area contributed by atoms with Gasteiger partial charge >= 0.3 is 0 Å². The van der Waals surface area contributed by atoms with Crippen LogP contribution in [0.4, 0.5) is 14.6 Å². The van der Waals surface area contributed by atoms with E-state index in [0.29, 0.717) is 22.6 Å². The Kier molecular flexibility index (Phi) is 5.67. The van der Waals surface area contributed by atoms with E-state index < -0.39 is 11.6 Å². The van der Waals surface area contributed by atoms with Crippen molar-refractivity contribution in [2.45, 2.75) is 57.7 Å². The normalized spacial score (nSPS) is 17.8. The van der Waals surface area contributed by atoms with E-state index in [2.05, 4.69) is 38.3 Å². The van der Waals surface area contributed by atoms with Gasteiger partial charge in [-0.3, -0.25) is 0 Å². The summed E-state index contributed by atoms with van der Waals surface area (Å²) < 4.78 is 28.6. The van der Waals surface area contributed by atoms with Crippen molar-refractivity contribution in [3.8, 4) is 28.1 Å². The van der Waals surface area contributed by atoms with Gasteiger partial charge in [-0.25, -0.2) is 13.8 Å². The molecule has 0 unspecified atom stereocenters. The third-order valence-corrected chi connectivity index (χ3v) is 5.81. The first-order valence-corrected chi connectivity index (χ1v) is 10.8. The average Bonchev–Trinajstić information content (AvgIpc) is 2.67. The quantitative estimate of drug-likeness (QED) is 0.460. The number of pyridine rings is 1. The number of benzene rings is 2. The van der Waals surface area contributed by atoms with Gasteiger partial charge in [0.05, 0.1) is 5.69 Å². The first-order valence-electron chi connectivity index (χ1n) is 10.8. The van der Waals surface area contributed by atoms with E-state index in [1.54, 1.807) is 42.5 Å². The lowest BCUT2D eigenvalue weighted by Crippen LogP contribution is -2.60. The van der Waals surface area contributed by atoms with Crippen LogP contribution in [0.2, 0.25) is 0 Å². The van der Waals surface area contributed by atoms with Crippen LogP contribution in [0.25, 0.3) is 22.4 Å². The zero-order chi connectivity index (χ0) is 23.1. The lowest BCUT2D eigenvalue weighted by molar-refractivity contribution is 0.170. The van der Waals surface area contributed by atoms with E-state index in [9.17, 15) is 13.9 Å². The van der Waals surface area contributed by atoms with Crippen LogP contribution in [-0.4, -0.2) is 27.2 Å². The molecule has 2 aromatic carbocycles. The monoisotopic (exact) mass is 437 g/mol. The lowest BCUT2D eigenvalue weighted by atomic mass is 9.79. The van der Waals surface area contributed by atoms with E-state index >= 15 is 0 Å². The van der Waals surface area contributed by atoms with Gasteiger partial charge in [0.2, 0.25) is 0 Å². The van der Waals surface area contributed by atoms with Crippen molar-refractivity contribution >= 4 is 5.82 Å². The third kappa shape index (κ3) is 4.75. The molecule has 4 nitrogen and oxygen atoms in total. The predicted molar refractivity (Wildman–Crippen MR) is 125 cm³/mol. The smallest absolute Gasteiger partial charge is 0.166 e. The number of para-hydroxylation sites is 1. The Morgan fingerprint density at radius 3 is 2.28 bits per heavy atom. The van der Waals surface area contributed by atoms with Gasteiger partial charge in [-0.1, -0.05) is 24.3 Å². The molecule has 0 atom stereocenters. The van der Waals surface area contributed by atoms with Crippen molar-refractivity contribution in [1.82, 2.24) is 10.3 Å². The van der Waals surface area contributed by atoms with Crippen LogP contribution in [0.1, 0.15) is 40.5 Å². The Balaban J connectivity index is 1.79. The van der Waals surface area contributed by atoms with E-state index in [0.717, 1.165) is 18.9 Å². The summed E-state index contributed by atoms with van der Waals surface area (Å²) in [7, 11) is 0. The molecule has 1 aromatic heterocycles. The van der Waals surface area contributed by atoms with Crippen LogP contribution in [0.15, 0.2) is 54.6 Å². The molecule has 4 rings (SSSR count). The number of hydrogen-bond acceptors (Lipinski definition) is 4. The fourth-order valence-corrected chi connectivity index (χ4v) is 4.95. The van der Waals surface area contributed by atoms with Crippen LogP contribution in [-0.2, 0) is 0 Å². The molecule has 6 heteroatoms. The van der Waals surface area contributed by atoms with Crippen LogP contribution in [0.3, 0.4) is 0 Å². The van der Waals surface area contributed by atoms with Crippen molar-refractivity contribution in [2.24, 2.45) is 0 Å². The molecular formula is C26H29F2N3O. The van der Waals surface area contributed by atoms with Crippen molar-refractivity contribution in [2.75, 3.05) is 5.32 Å². The Labute approximate surface area is 187 Å². The first kappa shape index (κ1) is 22.2. The van der Waals surface area contributed by atoms with Crippen LogP contribution in [0.5, 0.6) is 5.75 Å². The molecule has 0 saturated carbocycles. The highest BCUT2D eigenvalue weighted by atomic mass is 19.2. The molecule has 32 heavy (non-hydrogen) atoms. The number of aromatic hydroxyl groups is 1. The number of anilines is 1. The summed E-state index contributed by atoms with van der Waals surface area (Å²) in [6.07, 6.45) is 1.76. The van der Waals surface area contributed by atoms with E-state index in [-0.39, 0.29) is 28.4 Å². The highest BCUT2D eigenvalue weighted by molar-refractivity contribution is 5.76. The second-order valence-corrected chi connectivity index (χ2v) is 9.89. The predicted octanol–water partition coefficient (Wildman–Crippen LogP) is 6.12. The van der Waals surface area contributed by atoms with Crippen molar-refractivity contribution in [3.63, 3.8) is 0 Å². The number of aromatic nitrogens is 1. The molecule has 0 radical (unpaired) electrons. The number of phenolic OH excluding ortho intramolecular Hbond substituents is 1. The summed E-state index contributed by atoms with van der Waals surface area (Å²) in [6.45, 7) is 8.67. The molecular weight excluding hydrogens is 408 g/mol. The van der Waals surface area contributed by atoms with Crippen molar-refractivity contribution in [3.05, 3.63) is 66.2 Å². The minimum absolute atomic E-state index is 0.0633. The van der Waals surface area contributed by atoms with E-state index in [1.807, 2.05) is 0 Å². The van der Waals surface area contributed by atoms with Gasteiger partial charge in [-0.2, -0.15) is 0 Å². The van der Waals surface area contributed by atoms with Crippen LogP contribution >= 0.6 is 0 Å².